The summed E-state index contributed by atoms with van der Waals surface area (Å²) >= 11 is 6.39. The van der Waals surface area contributed by atoms with Crippen molar-refractivity contribution in [2.45, 2.75) is 20.0 Å². The molecule has 0 amide bonds. The van der Waals surface area contributed by atoms with E-state index in [0.717, 1.165) is 17.3 Å². The summed E-state index contributed by atoms with van der Waals surface area (Å²) in [7, 11) is 0. The van der Waals surface area contributed by atoms with E-state index in [1.54, 1.807) is 0 Å². The predicted molar refractivity (Wildman–Crippen MR) is 78.3 cm³/mol. The first-order valence-electron chi connectivity index (χ1n) is 6.01. The molecule has 1 unspecified atom stereocenters. The van der Waals surface area contributed by atoms with Crippen LogP contribution >= 0.6 is 23.4 Å². The van der Waals surface area contributed by atoms with Gasteiger partial charge in [0.1, 0.15) is 6.61 Å². The number of esters is 1. The first-order valence-corrected chi connectivity index (χ1v) is 7.37. The lowest BCUT2D eigenvalue weighted by molar-refractivity contribution is -0.146. The van der Waals surface area contributed by atoms with E-state index in [2.05, 4.69) is 0 Å². The maximum Gasteiger partial charge on any atom is 0.306 e. The molecule has 1 aromatic rings. The van der Waals surface area contributed by atoms with Crippen LogP contribution in [0.25, 0.3) is 0 Å². The highest BCUT2D eigenvalue weighted by molar-refractivity contribution is 8.13. The number of thioether (sulfide) groups is 1. The number of hydrogen-bond acceptors (Lipinski definition) is 5. The van der Waals surface area contributed by atoms with Gasteiger partial charge in [-0.1, -0.05) is 42.1 Å². The van der Waals surface area contributed by atoms with Gasteiger partial charge in [-0.05, 0) is 17.2 Å². The minimum atomic E-state index is -0.700. The summed E-state index contributed by atoms with van der Waals surface area (Å²) < 4.78 is 5.07. The number of halogens is 1. The Hall–Kier alpha value is -1.33. The fourth-order valence-corrected chi connectivity index (χ4v) is 2.37. The van der Waals surface area contributed by atoms with E-state index in [9.17, 15) is 14.4 Å². The maximum absolute atomic E-state index is 11.6. The zero-order valence-electron chi connectivity index (χ0n) is 11.0. The Kier molecular flexibility index (Phi) is 7.33. The van der Waals surface area contributed by atoms with E-state index in [4.69, 9.17) is 16.3 Å². The van der Waals surface area contributed by atoms with E-state index in [-0.39, 0.29) is 23.9 Å². The van der Waals surface area contributed by atoms with Crippen molar-refractivity contribution in [1.29, 1.82) is 0 Å². The third kappa shape index (κ3) is 6.73. The quantitative estimate of drug-likeness (QED) is 0.572. The number of carbonyl (C=O) groups excluding carboxylic acids is 3. The van der Waals surface area contributed by atoms with Crippen LogP contribution < -0.4 is 0 Å². The van der Waals surface area contributed by atoms with Gasteiger partial charge in [-0.2, -0.15) is 0 Å². The van der Waals surface area contributed by atoms with Crippen molar-refractivity contribution in [3.8, 4) is 0 Å². The van der Waals surface area contributed by atoms with Crippen LogP contribution in [-0.4, -0.2) is 22.1 Å². The molecule has 0 radical (unpaired) electrons. The lowest BCUT2D eigenvalue weighted by Gasteiger charge is -2.11. The van der Waals surface area contributed by atoms with Crippen LogP contribution in [-0.2, 0) is 25.7 Å². The van der Waals surface area contributed by atoms with E-state index in [0.29, 0.717) is 0 Å². The van der Waals surface area contributed by atoms with Gasteiger partial charge in [-0.3, -0.25) is 14.4 Å². The summed E-state index contributed by atoms with van der Waals surface area (Å²) in [6.07, 6.45) is -0.116. The molecule has 4 nitrogen and oxygen atoms in total. The molecule has 108 valence electrons. The Balaban J connectivity index is 2.41. The molecule has 0 saturated heterocycles. The molecule has 0 N–H and O–H groups in total. The molecule has 0 bridgehead atoms. The zero-order valence-corrected chi connectivity index (χ0v) is 12.6. The minimum absolute atomic E-state index is 0.116. The summed E-state index contributed by atoms with van der Waals surface area (Å²) in [6.45, 7) is 1.55. The Morgan fingerprint density at radius 3 is 2.45 bits per heavy atom. The van der Waals surface area contributed by atoms with Gasteiger partial charge in [0.25, 0.3) is 0 Å². The number of hydrogen-bond donors (Lipinski definition) is 0. The van der Waals surface area contributed by atoms with Crippen LogP contribution in [0.5, 0.6) is 0 Å². The second kappa shape index (κ2) is 8.76. The average molecular weight is 315 g/mol. The first kappa shape index (κ1) is 16.7. The molecule has 0 aliphatic heterocycles. The van der Waals surface area contributed by atoms with Crippen LogP contribution in [0.15, 0.2) is 30.3 Å². The number of carbonyl (C=O) groups is 3. The van der Waals surface area contributed by atoms with Gasteiger partial charge in [0, 0.05) is 12.7 Å². The molecule has 0 aromatic heterocycles. The molecule has 20 heavy (non-hydrogen) atoms. The summed E-state index contributed by atoms with van der Waals surface area (Å²) in [6, 6.07) is 9.23. The Bertz CT molecular complexity index is 475. The molecule has 0 heterocycles. The highest BCUT2D eigenvalue weighted by Crippen LogP contribution is 2.17. The molecule has 1 aromatic carbocycles. The van der Waals surface area contributed by atoms with Gasteiger partial charge in [0.15, 0.2) is 5.12 Å². The molecular weight excluding hydrogens is 300 g/mol. The van der Waals surface area contributed by atoms with E-state index >= 15 is 0 Å². The van der Waals surface area contributed by atoms with Gasteiger partial charge in [-0.15, -0.1) is 0 Å². The monoisotopic (exact) mass is 314 g/mol. The summed E-state index contributed by atoms with van der Waals surface area (Å²) in [5.41, 5.74) is 0.868. The average Bonchev–Trinajstić information content (AvgIpc) is 2.41. The second-order valence-corrected chi connectivity index (χ2v) is 5.72. The SMILES string of the molecule is CC(=O)SCC(CC(=O)OCc1ccccc1)C(=O)Cl. The normalized spacial score (nSPS) is 11.7. The molecule has 1 rings (SSSR count). The zero-order chi connectivity index (χ0) is 15.0. The van der Waals surface area contributed by atoms with Gasteiger partial charge >= 0.3 is 5.97 Å². The largest absolute Gasteiger partial charge is 0.461 e. The highest BCUT2D eigenvalue weighted by atomic mass is 35.5. The van der Waals surface area contributed by atoms with Crippen molar-refractivity contribution in [2.24, 2.45) is 5.92 Å². The summed E-state index contributed by atoms with van der Waals surface area (Å²) in [5, 5.41) is -0.749. The fraction of sp³-hybridized carbons (Fsp3) is 0.357. The van der Waals surface area contributed by atoms with Crippen molar-refractivity contribution in [2.75, 3.05) is 5.75 Å². The van der Waals surface area contributed by atoms with Gasteiger partial charge in [0.05, 0.1) is 12.3 Å². The lowest BCUT2D eigenvalue weighted by atomic mass is 10.1. The molecule has 6 heteroatoms. The van der Waals surface area contributed by atoms with E-state index in [1.807, 2.05) is 30.3 Å². The van der Waals surface area contributed by atoms with Crippen LogP contribution in [0.4, 0.5) is 0 Å². The third-order valence-corrected chi connectivity index (χ3v) is 3.75. The number of ether oxygens (including phenoxy) is 1. The Labute approximate surface area is 126 Å². The molecule has 0 saturated carbocycles. The molecule has 1 atom stereocenters. The smallest absolute Gasteiger partial charge is 0.306 e. The first-order chi connectivity index (χ1) is 9.49. The topological polar surface area (TPSA) is 60.4 Å². The standard InChI is InChI=1S/C14H15ClO4S/c1-10(16)20-9-12(14(15)18)7-13(17)19-8-11-5-3-2-4-6-11/h2-6,12H,7-9H2,1H3. The molecular formula is C14H15ClO4S. The van der Waals surface area contributed by atoms with Crippen molar-refractivity contribution in [3.63, 3.8) is 0 Å². The molecule has 0 spiro atoms. The Morgan fingerprint density at radius 1 is 1.25 bits per heavy atom. The van der Waals surface area contributed by atoms with E-state index in [1.165, 1.54) is 6.92 Å². The van der Waals surface area contributed by atoms with Gasteiger partial charge in [-0.25, -0.2) is 0 Å². The summed E-state index contributed by atoms with van der Waals surface area (Å²) in [4.78, 5) is 33.7. The fourth-order valence-electron chi connectivity index (χ4n) is 1.42. The van der Waals surface area contributed by atoms with Crippen molar-refractivity contribution < 1.29 is 19.1 Å². The number of benzene rings is 1. The summed E-state index contributed by atoms with van der Waals surface area (Å²) in [5.74, 6) is -1.01. The Morgan fingerprint density at radius 2 is 1.90 bits per heavy atom. The van der Waals surface area contributed by atoms with Crippen molar-refractivity contribution in [3.05, 3.63) is 35.9 Å². The predicted octanol–water partition coefficient (Wildman–Crippen LogP) is 2.78. The van der Waals surface area contributed by atoms with Crippen LogP contribution in [0.2, 0.25) is 0 Å². The van der Waals surface area contributed by atoms with Gasteiger partial charge < -0.3 is 4.74 Å². The van der Waals surface area contributed by atoms with Crippen molar-refractivity contribution in [1.82, 2.24) is 0 Å². The highest BCUT2D eigenvalue weighted by Gasteiger charge is 2.22. The van der Waals surface area contributed by atoms with Crippen LogP contribution in [0.1, 0.15) is 18.9 Å². The lowest BCUT2D eigenvalue weighted by Crippen LogP contribution is -2.19. The van der Waals surface area contributed by atoms with Crippen molar-refractivity contribution >= 4 is 39.7 Å². The molecule has 0 aliphatic carbocycles. The van der Waals surface area contributed by atoms with E-state index < -0.39 is 17.1 Å². The third-order valence-electron chi connectivity index (χ3n) is 2.46. The maximum atomic E-state index is 11.6. The molecule has 0 aliphatic rings. The number of rotatable bonds is 7. The van der Waals surface area contributed by atoms with Crippen LogP contribution in [0, 0.1) is 5.92 Å². The molecule has 0 fully saturated rings. The van der Waals surface area contributed by atoms with Gasteiger partial charge in [0.2, 0.25) is 5.24 Å². The minimum Gasteiger partial charge on any atom is -0.461 e. The second-order valence-electron chi connectivity index (χ2n) is 4.15. The van der Waals surface area contributed by atoms with Crippen LogP contribution in [0.3, 0.4) is 0 Å².